The van der Waals surface area contributed by atoms with Gasteiger partial charge in [0.15, 0.2) is 0 Å². The minimum atomic E-state index is -0.349. The summed E-state index contributed by atoms with van der Waals surface area (Å²) in [5, 5.41) is 2.98. The number of ether oxygens (including phenoxy) is 1. The summed E-state index contributed by atoms with van der Waals surface area (Å²) in [6.45, 7) is 5.03. The number of anilines is 1. The zero-order valence-corrected chi connectivity index (χ0v) is 10.7. The fourth-order valence-electron chi connectivity index (χ4n) is 2.72. The van der Waals surface area contributed by atoms with Crippen molar-refractivity contribution in [2.45, 2.75) is 31.7 Å². The second-order valence-electron chi connectivity index (χ2n) is 5.03. The lowest BCUT2D eigenvalue weighted by Crippen LogP contribution is -2.43. The average molecular weight is 263 g/mol. The van der Waals surface area contributed by atoms with Gasteiger partial charge in [-0.05, 0) is 25.7 Å². The van der Waals surface area contributed by atoms with Gasteiger partial charge in [0, 0.05) is 25.0 Å². The van der Waals surface area contributed by atoms with Crippen LogP contribution in [0.3, 0.4) is 0 Å². The zero-order valence-electron chi connectivity index (χ0n) is 10.7. The van der Waals surface area contributed by atoms with E-state index in [0.29, 0.717) is 43.9 Å². The quantitative estimate of drug-likeness (QED) is 0.784. The zero-order chi connectivity index (χ0) is 13.4. The molecule has 1 aromatic rings. The Kier molecular flexibility index (Phi) is 3.02. The highest BCUT2D eigenvalue weighted by Gasteiger charge is 2.24. The van der Waals surface area contributed by atoms with Crippen molar-refractivity contribution in [1.29, 1.82) is 0 Å². The molecule has 0 saturated carbocycles. The number of aromatic amines is 1. The number of rotatable bonds is 1. The third kappa shape index (κ3) is 2.12. The highest BCUT2D eigenvalue weighted by atomic mass is 16.5. The third-order valence-corrected chi connectivity index (χ3v) is 3.76. The second-order valence-corrected chi connectivity index (χ2v) is 5.03. The molecule has 0 aliphatic carbocycles. The molecular weight excluding hydrogens is 246 g/mol. The predicted octanol–water partition coefficient (Wildman–Crippen LogP) is 0.760. The number of nitrogens with one attached hydrogen (secondary N) is 2. The number of H-pyrrole nitrogens is 1. The van der Waals surface area contributed by atoms with Gasteiger partial charge >= 0.3 is 5.69 Å². The van der Waals surface area contributed by atoms with Gasteiger partial charge in [0.25, 0.3) is 5.56 Å². The van der Waals surface area contributed by atoms with E-state index in [1.165, 1.54) is 4.57 Å². The summed E-state index contributed by atoms with van der Waals surface area (Å²) < 4.78 is 6.63. The number of allylic oxidation sites excluding steroid dienone is 1. The summed E-state index contributed by atoms with van der Waals surface area (Å²) in [6, 6.07) is -0.0552. The molecule has 6 heteroatoms. The van der Waals surface area contributed by atoms with Gasteiger partial charge < -0.3 is 10.1 Å². The maximum absolute atomic E-state index is 12.5. The number of hydrogen-bond donors (Lipinski definition) is 2. The molecule has 0 radical (unpaired) electrons. The minimum Gasteiger partial charge on any atom is -0.381 e. The first-order chi connectivity index (χ1) is 9.16. The molecule has 102 valence electrons. The maximum Gasteiger partial charge on any atom is 0.330 e. The van der Waals surface area contributed by atoms with Crippen molar-refractivity contribution in [2.24, 2.45) is 0 Å². The number of fused-ring (bicyclic) bond motifs is 1. The lowest BCUT2D eigenvalue weighted by atomic mass is 10.1. The van der Waals surface area contributed by atoms with Crippen molar-refractivity contribution >= 4 is 5.82 Å². The predicted molar refractivity (Wildman–Crippen MR) is 71.5 cm³/mol. The fourth-order valence-corrected chi connectivity index (χ4v) is 2.72. The first-order valence-corrected chi connectivity index (χ1v) is 6.57. The molecule has 0 spiro atoms. The van der Waals surface area contributed by atoms with Crippen LogP contribution in [0.4, 0.5) is 5.82 Å². The summed E-state index contributed by atoms with van der Waals surface area (Å²) in [5.41, 5.74) is 0.952. The van der Waals surface area contributed by atoms with E-state index in [-0.39, 0.29) is 17.3 Å². The van der Waals surface area contributed by atoms with Crippen LogP contribution in [0.5, 0.6) is 0 Å². The van der Waals surface area contributed by atoms with Gasteiger partial charge in [-0.3, -0.25) is 14.3 Å². The third-order valence-electron chi connectivity index (χ3n) is 3.76. The van der Waals surface area contributed by atoms with E-state index < -0.39 is 0 Å². The van der Waals surface area contributed by atoms with Crippen molar-refractivity contribution in [3.8, 4) is 0 Å². The largest absolute Gasteiger partial charge is 0.381 e. The van der Waals surface area contributed by atoms with E-state index >= 15 is 0 Å². The van der Waals surface area contributed by atoms with Crippen LogP contribution in [-0.2, 0) is 11.2 Å². The standard InChI is InChI=1S/C13H17N3O3/c1-8-2-3-10-11(14-8)15-13(18)16(12(10)17)9-4-6-19-7-5-9/h9,14H,1-7H2,(H,15,18). The lowest BCUT2D eigenvalue weighted by Gasteiger charge is -2.26. The summed E-state index contributed by atoms with van der Waals surface area (Å²) in [7, 11) is 0. The number of hydrogen-bond acceptors (Lipinski definition) is 4. The van der Waals surface area contributed by atoms with Gasteiger partial charge in [-0.25, -0.2) is 4.79 Å². The maximum atomic E-state index is 12.5. The van der Waals surface area contributed by atoms with Crippen LogP contribution in [0.25, 0.3) is 0 Å². The summed E-state index contributed by atoms with van der Waals surface area (Å²) >= 11 is 0. The number of aromatic nitrogens is 2. The van der Waals surface area contributed by atoms with E-state index in [4.69, 9.17) is 4.74 Å². The molecule has 1 fully saturated rings. The minimum absolute atomic E-state index is 0.0552. The first-order valence-electron chi connectivity index (χ1n) is 6.57. The smallest absolute Gasteiger partial charge is 0.330 e. The van der Waals surface area contributed by atoms with Crippen LogP contribution in [0.2, 0.25) is 0 Å². The van der Waals surface area contributed by atoms with E-state index in [1.54, 1.807) is 0 Å². The first kappa shape index (κ1) is 12.2. The van der Waals surface area contributed by atoms with Crippen LogP contribution in [0, 0.1) is 0 Å². The summed E-state index contributed by atoms with van der Waals surface area (Å²) in [6.07, 6.45) is 2.77. The molecule has 2 aliphatic heterocycles. The average Bonchev–Trinajstić information content (AvgIpc) is 2.39. The molecule has 0 amide bonds. The lowest BCUT2D eigenvalue weighted by molar-refractivity contribution is 0.0673. The van der Waals surface area contributed by atoms with Gasteiger partial charge in [-0.1, -0.05) is 6.58 Å². The topological polar surface area (TPSA) is 76.1 Å². The van der Waals surface area contributed by atoms with Crippen molar-refractivity contribution in [3.05, 3.63) is 38.7 Å². The van der Waals surface area contributed by atoms with Gasteiger partial charge in [-0.2, -0.15) is 0 Å². The molecule has 2 N–H and O–H groups in total. The molecule has 3 rings (SSSR count). The van der Waals surface area contributed by atoms with Gasteiger partial charge in [-0.15, -0.1) is 0 Å². The molecule has 0 unspecified atom stereocenters. The van der Waals surface area contributed by atoms with Gasteiger partial charge in [0.2, 0.25) is 0 Å². The monoisotopic (exact) mass is 263 g/mol. The van der Waals surface area contributed by atoms with Crippen LogP contribution in [-0.4, -0.2) is 22.8 Å². The van der Waals surface area contributed by atoms with Crippen molar-refractivity contribution < 1.29 is 4.74 Å². The van der Waals surface area contributed by atoms with Crippen LogP contribution in [0.1, 0.15) is 30.9 Å². The van der Waals surface area contributed by atoms with E-state index in [2.05, 4.69) is 16.9 Å². The molecule has 19 heavy (non-hydrogen) atoms. The molecule has 3 heterocycles. The molecule has 1 saturated heterocycles. The van der Waals surface area contributed by atoms with Crippen molar-refractivity contribution in [3.63, 3.8) is 0 Å². The Balaban J connectivity index is 2.08. The van der Waals surface area contributed by atoms with Crippen molar-refractivity contribution in [1.82, 2.24) is 9.55 Å². The Morgan fingerprint density at radius 1 is 1.21 bits per heavy atom. The molecule has 6 nitrogen and oxygen atoms in total. The number of nitrogens with zero attached hydrogens (tertiary/aromatic N) is 1. The van der Waals surface area contributed by atoms with Gasteiger partial charge in [0.05, 0.1) is 5.56 Å². The molecule has 0 atom stereocenters. The van der Waals surface area contributed by atoms with Crippen molar-refractivity contribution in [2.75, 3.05) is 18.5 Å². The Bertz CT molecular complexity index is 623. The highest BCUT2D eigenvalue weighted by Crippen LogP contribution is 2.22. The van der Waals surface area contributed by atoms with Crippen LogP contribution in [0.15, 0.2) is 21.9 Å². The van der Waals surface area contributed by atoms with Crippen LogP contribution >= 0.6 is 0 Å². The summed E-state index contributed by atoms with van der Waals surface area (Å²) in [5.74, 6) is 0.509. The van der Waals surface area contributed by atoms with E-state index in [9.17, 15) is 9.59 Å². The Labute approximate surface area is 110 Å². The van der Waals surface area contributed by atoms with E-state index in [0.717, 1.165) is 12.1 Å². The molecular formula is C13H17N3O3. The Hall–Kier alpha value is -1.82. The Morgan fingerprint density at radius 2 is 1.95 bits per heavy atom. The summed E-state index contributed by atoms with van der Waals surface area (Å²) in [4.78, 5) is 27.3. The molecule has 0 bridgehead atoms. The van der Waals surface area contributed by atoms with Gasteiger partial charge in [0.1, 0.15) is 5.82 Å². The SMILES string of the molecule is C=C1CCc2c([nH]c(=O)n(C3CCOCC3)c2=O)N1. The highest BCUT2D eigenvalue weighted by molar-refractivity contribution is 5.50. The molecule has 1 aromatic heterocycles. The second kappa shape index (κ2) is 4.70. The fraction of sp³-hybridized carbons (Fsp3) is 0.538. The van der Waals surface area contributed by atoms with Crippen LogP contribution < -0.4 is 16.6 Å². The normalized spacial score (nSPS) is 19.9. The molecule has 0 aromatic carbocycles. The van der Waals surface area contributed by atoms with E-state index in [1.807, 2.05) is 0 Å². The molecule has 2 aliphatic rings. The Morgan fingerprint density at radius 3 is 2.68 bits per heavy atom.